The normalized spacial score (nSPS) is 19.4. The maximum atomic E-state index is 13.1. The lowest BCUT2D eigenvalue weighted by Gasteiger charge is -2.33. The molecule has 1 fully saturated rings. The van der Waals surface area contributed by atoms with Crippen LogP contribution in [0.3, 0.4) is 0 Å². The van der Waals surface area contributed by atoms with Crippen molar-refractivity contribution in [2.75, 3.05) is 23.3 Å². The first-order valence-corrected chi connectivity index (χ1v) is 9.88. The fourth-order valence-electron chi connectivity index (χ4n) is 3.84. The predicted octanol–water partition coefficient (Wildman–Crippen LogP) is 2.61. The van der Waals surface area contributed by atoms with E-state index in [0.29, 0.717) is 24.9 Å². The maximum absolute atomic E-state index is 13.1. The number of piperidine rings is 1. The number of carbonyl (C=O) groups is 2. The Labute approximate surface area is 169 Å². The molecule has 1 aromatic heterocycles. The van der Waals surface area contributed by atoms with E-state index in [1.54, 1.807) is 17.3 Å². The Morgan fingerprint density at radius 1 is 1.10 bits per heavy atom. The lowest BCUT2D eigenvalue weighted by Crippen LogP contribution is -2.41. The van der Waals surface area contributed by atoms with Gasteiger partial charge in [-0.05, 0) is 24.5 Å². The molecule has 1 atom stereocenters. The highest BCUT2D eigenvalue weighted by molar-refractivity contribution is 5.87. The number of benzene rings is 1. The van der Waals surface area contributed by atoms with E-state index in [0.717, 1.165) is 24.8 Å². The number of anilines is 2. The van der Waals surface area contributed by atoms with Gasteiger partial charge in [0.2, 0.25) is 17.8 Å². The van der Waals surface area contributed by atoms with Crippen molar-refractivity contribution in [1.29, 1.82) is 0 Å². The van der Waals surface area contributed by atoms with Crippen molar-refractivity contribution in [2.45, 2.75) is 32.2 Å². The summed E-state index contributed by atoms with van der Waals surface area (Å²) in [5.74, 6) is 0.908. The van der Waals surface area contributed by atoms with Gasteiger partial charge in [0.1, 0.15) is 5.82 Å². The molecule has 0 spiro atoms. The molecule has 150 valence electrons. The Kier molecular flexibility index (Phi) is 5.50. The number of hydrogen-bond donors (Lipinski definition) is 1. The van der Waals surface area contributed by atoms with Crippen molar-refractivity contribution in [3.8, 4) is 0 Å². The van der Waals surface area contributed by atoms with Gasteiger partial charge in [-0.15, -0.1) is 0 Å². The van der Waals surface area contributed by atoms with Gasteiger partial charge in [0.15, 0.2) is 0 Å². The zero-order valence-corrected chi connectivity index (χ0v) is 16.4. The van der Waals surface area contributed by atoms with Crippen molar-refractivity contribution in [3.05, 3.63) is 48.2 Å². The Morgan fingerprint density at radius 3 is 2.59 bits per heavy atom. The third kappa shape index (κ3) is 4.26. The van der Waals surface area contributed by atoms with Crippen molar-refractivity contribution in [2.24, 2.45) is 11.0 Å². The van der Waals surface area contributed by atoms with E-state index in [2.05, 4.69) is 25.3 Å². The lowest BCUT2D eigenvalue weighted by molar-refractivity contribution is -0.138. The zero-order chi connectivity index (χ0) is 20.2. The molecule has 4 rings (SSSR count). The standard InChI is InChI=1S/C21H24N6O2/c1-15(28)24-19-8-11-22-21(25-19)26-13-9-17(10-14-26)20(29)27-18(7-12-23-27)16-5-3-2-4-6-16/h2-6,8,11-12,17-18H,7,9-10,13-14H2,1H3,(H,22,24,25,28)/t18-/m0/s1. The van der Waals surface area contributed by atoms with Crippen LogP contribution in [0.25, 0.3) is 0 Å². The van der Waals surface area contributed by atoms with Crippen LogP contribution in [-0.4, -0.2) is 46.1 Å². The van der Waals surface area contributed by atoms with E-state index in [-0.39, 0.29) is 23.8 Å². The molecule has 2 aromatic rings. The van der Waals surface area contributed by atoms with Crippen LogP contribution < -0.4 is 10.2 Å². The van der Waals surface area contributed by atoms with Gasteiger partial charge in [-0.1, -0.05) is 30.3 Å². The molecule has 8 heteroatoms. The van der Waals surface area contributed by atoms with Crippen LogP contribution in [0.1, 0.15) is 37.8 Å². The number of rotatable bonds is 4. The lowest BCUT2D eigenvalue weighted by atomic mass is 9.94. The molecule has 1 saturated heterocycles. The van der Waals surface area contributed by atoms with E-state index >= 15 is 0 Å². The van der Waals surface area contributed by atoms with Crippen LogP contribution in [0, 0.1) is 5.92 Å². The second-order valence-corrected chi connectivity index (χ2v) is 7.33. The van der Waals surface area contributed by atoms with E-state index in [1.165, 1.54) is 6.92 Å². The zero-order valence-electron chi connectivity index (χ0n) is 16.4. The van der Waals surface area contributed by atoms with Gasteiger partial charge in [-0.2, -0.15) is 10.1 Å². The van der Waals surface area contributed by atoms with Crippen molar-refractivity contribution in [1.82, 2.24) is 15.0 Å². The number of hydrogen-bond acceptors (Lipinski definition) is 6. The van der Waals surface area contributed by atoms with Crippen LogP contribution >= 0.6 is 0 Å². The number of nitrogens with zero attached hydrogens (tertiary/aromatic N) is 5. The van der Waals surface area contributed by atoms with E-state index in [4.69, 9.17) is 0 Å². The summed E-state index contributed by atoms with van der Waals surface area (Å²) in [5.41, 5.74) is 1.11. The number of aromatic nitrogens is 2. The maximum Gasteiger partial charge on any atom is 0.246 e. The summed E-state index contributed by atoms with van der Waals surface area (Å²) < 4.78 is 0. The Balaban J connectivity index is 1.39. The Bertz CT molecular complexity index is 908. The summed E-state index contributed by atoms with van der Waals surface area (Å²) in [6, 6.07) is 11.7. The van der Waals surface area contributed by atoms with Gasteiger partial charge in [-0.25, -0.2) is 9.99 Å². The average molecular weight is 392 g/mol. The molecule has 0 radical (unpaired) electrons. The molecule has 29 heavy (non-hydrogen) atoms. The molecule has 0 aliphatic carbocycles. The second-order valence-electron chi connectivity index (χ2n) is 7.33. The van der Waals surface area contributed by atoms with Gasteiger partial charge < -0.3 is 10.2 Å². The van der Waals surface area contributed by atoms with Crippen molar-refractivity contribution >= 4 is 29.8 Å². The molecule has 0 bridgehead atoms. The monoisotopic (exact) mass is 392 g/mol. The Hall–Kier alpha value is -3.29. The molecule has 0 unspecified atom stereocenters. The minimum absolute atomic E-state index is 0.0144. The largest absolute Gasteiger partial charge is 0.341 e. The van der Waals surface area contributed by atoms with Crippen LogP contribution in [0.15, 0.2) is 47.7 Å². The predicted molar refractivity (Wildman–Crippen MR) is 110 cm³/mol. The highest BCUT2D eigenvalue weighted by Crippen LogP contribution is 2.32. The molecule has 0 saturated carbocycles. The van der Waals surface area contributed by atoms with Gasteiger partial charge in [0.05, 0.1) is 6.04 Å². The summed E-state index contributed by atoms with van der Waals surface area (Å²) in [5, 5.41) is 8.70. The summed E-state index contributed by atoms with van der Waals surface area (Å²) in [6.07, 6.45) is 5.65. The number of amides is 2. The summed E-state index contributed by atoms with van der Waals surface area (Å²) in [4.78, 5) is 35.1. The number of carbonyl (C=O) groups excluding carboxylic acids is 2. The number of hydrazone groups is 1. The van der Waals surface area contributed by atoms with Crippen LogP contribution in [0.4, 0.5) is 11.8 Å². The minimum Gasteiger partial charge on any atom is -0.341 e. The number of nitrogens with one attached hydrogen (secondary N) is 1. The van der Waals surface area contributed by atoms with Gasteiger partial charge in [0, 0.05) is 44.8 Å². The molecule has 8 nitrogen and oxygen atoms in total. The average Bonchev–Trinajstić information content (AvgIpc) is 3.24. The summed E-state index contributed by atoms with van der Waals surface area (Å²) in [6.45, 7) is 2.82. The molecule has 2 aliphatic rings. The molecule has 1 aromatic carbocycles. The molecular formula is C21H24N6O2. The first-order chi connectivity index (χ1) is 14.1. The highest BCUT2D eigenvalue weighted by Gasteiger charge is 2.35. The smallest absolute Gasteiger partial charge is 0.246 e. The minimum atomic E-state index is -0.168. The van der Waals surface area contributed by atoms with Crippen molar-refractivity contribution < 1.29 is 9.59 Å². The second kappa shape index (κ2) is 8.38. The first kappa shape index (κ1) is 19.0. The molecular weight excluding hydrogens is 368 g/mol. The summed E-state index contributed by atoms with van der Waals surface area (Å²) in [7, 11) is 0. The van der Waals surface area contributed by atoms with E-state index in [9.17, 15) is 9.59 Å². The molecule has 3 heterocycles. The highest BCUT2D eigenvalue weighted by atomic mass is 16.2. The van der Waals surface area contributed by atoms with Gasteiger partial charge in [-0.3, -0.25) is 9.59 Å². The quantitative estimate of drug-likeness (QED) is 0.864. The fourth-order valence-corrected chi connectivity index (χ4v) is 3.84. The fraction of sp³-hybridized carbons (Fsp3) is 0.381. The molecule has 2 aliphatic heterocycles. The van der Waals surface area contributed by atoms with E-state index < -0.39 is 0 Å². The molecule has 2 amide bonds. The van der Waals surface area contributed by atoms with E-state index in [1.807, 2.05) is 36.5 Å². The SMILES string of the molecule is CC(=O)Nc1ccnc(N2CCC(C(=O)N3N=CC[C@H]3c3ccccc3)CC2)n1. The van der Waals surface area contributed by atoms with Crippen molar-refractivity contribution in [3.63, 3.8) is 0 Å². The molecule has 1 N–H and O–H groups in total. The van der Waals surface area contributed by atoms with Crippen LogP contribution in [-0.2, 0) is 9.59 Å². The topological polar surface area (TPSA) is 90.8 Å². The summed E-state index contributed by atoms with van der Waals surface area (Å²) >= 11 is 0. The van der Waals surface area contributed by atoms with Crippen LogP contribution in [0.2, 0.25) is 0 Å². The van der Waals surface area contributed by atoms with Gasteiger partial charge in [0.25, 0.3) is 0 Å². The van der Waals surface area contributed by atoms with Crippen LogP contribution in [0.5, 0.6) is 0 Å². The third-order valence-corrected chi connectivity index (χ3v) is 5.31. The van der Waals surface area contributed by atoms with Gasteiger partial charge >= 0.3 is 0 Å². The Morgan fingerprint density at radius 2 is 1.86 bits per heavy atom. The first-order valence-electron chi connectivity index (χ1n) is 9.88. The third-order valence-electron chi connectivity index (χ3n) is 5.31.